The average molecular weight is 467 g/mol. The first kappa shape index (κ1) is 28.3. The monoisotopic (exact) mass is 466 g/mol. The number of nitrogens with one attached hydrogen (secondary N) is 2. The number of rotatable bonds is 6. The zero-order chi connectivity index (χ0) is 25.3. The molecule has 10 nitrogen and oxygen atoms in total. The Kier molecular flexibility index (Phi) is 11.2. The fourth-order valence-corrected chi connectivity index (χ4v) is 3.48. The number of hydrogen-bond acceptors (Lipinski definition) is 6. The van der Waals surface area contributed by atoms with Crippen molar-refractivity contribution in [2.45, 2.75) is 70.9 Å². The summed E-state index contributed by atoms with van der Waals surface area (Å²) in [6.07, 6.45) is 4.10. The van der Waals surface area contributed by atoms with Gasteiger partial charge in [0.2, 0.25) is 23.6 Å². The van der Waals surface area contributed by atoms with Gasteiger partial charge in [0.05, 0.1) is 12.2 Å². The number of likely N-dealkylation sites (N-methyl/N-ethyl adjacent to an activating group) is 2. The van der Waals surface area contributed by atoms with Crippen LogP contribution in [0.4, 0.5) is 0 Å². The SMILES string of the molecule is CC(C)C1C(=O)N(C)[C@@H](C)C(=O)NCCC[C@H](NC(=O)/C=C/C=C/[C@H](O)[C@H](C)O)C(=O)N1C. The number of aliphatic hydroxyl groups excluding tert-OH is 2. The van der Waals surface area contributed by atoms with Gasteiger partial charge in [0.15, 0.2) is 0 Å². The molecule has 186 valence electrons. The highest BCUT2D eigenvalue weighted by atomic mass is 16.3. The van der Waals surface area contributed by atoms with Crippen LogP contribution < -0.4 is 10.6 Å². The van der Waals surface area contributed by atoms with Crippen molar-refractivity contribution in [3.63, 3.8) is 0 Å². The second-order valence-corrected chi connectivity index (χ2v) is 8.73. The van der Waals surface area contributed by atoms with E-state index in [0.29, 0.717) is 13.0 Å². The molecule has 1 fully saturated rings. The second kappa shape index (κ2) is 13.1. The number of allylic oxidation sites excluding steroid dienone is 2. The van der Waals surface area contributed by atoms with Crippen molar-refractivity contribution in [3.05, 3.63) is 24.3 Å². The van der Waals surface area contributed by atoms with Crippen LogP contribution >= 0.6 is 0 Å². The second-order valence-electron chi connectivity index (χ2n) is 8.73. The summed E-state index contributed by atoms with van der Waals surface area (Å²) >= 11 is 0. The molecule has 1 aliphatic heterocycles. The lowest BCUT2D eigenvalue weighted by Gasteiger charge is -2.37. The molecule has 0 aromatic carbocycles. The first-order valence-electron chi connectivity index (χ1n) is 11.2. The molecule has 0 radical (unpaired) electrons. The molecular formula is C23H38N4O6. The number of carbonyl (C=O) groups is 4. The fourth-order valence-electron chi connectivity index (χ4n) is 3.48. The van der Waals surface area contributed by atoms with E-state index >= 15 is 0 Å². The molecular weight excluding hydrogens is 428 g/mol. The van der Waals surface area contributed by atoms with E-state index in [4.69, 9.17) is 0 Å². The Morgan fingerprint density at radius 1 is 1.09 bits per heavy atom. The van der Waals surface area contributed by atoms with Gasteiger partial charge in [0.1, 0.15) is 18.1 Å². The normalized spacial score (nSPS) is 25.7. The van der Waals surface area contributed by atoms with Crippen molar-refractivity contribution in [3.8, 4) is 0 Å². The zero-order valence-corrected chi connectivity index (χ0v) is 20.3. The maximum absolute atomic E-state index is 13.3. The van der Waals surface area contributed by atoms with Crippen LogP contribution in [0.1, 0.15) is 40.5 Å². The summed E-state index contributed by atoms with van der Waals surface area (Å²) in [6, 6.07) is -2.35. The largest absolute Gasteiger partial charge is 0.390 e. The van der Waals surface area contributed by atoms with Crippen LogP contribution in [0.3, 0.4) is 0 Å². The van der Waals surface area contributed by atoms with Gasteiger partial charge in [0, 0.05) is 26.7 Å². The van der Waals surface area contributed by atoms with Crippen LogP contribution in [0.15, 0.2) is 24.3 Å². The van der Waals surface area contributed by atoms with Gasteiger partial charge in [-0.1, -0.05) is 32.1 Å². The van der Waals surface area contributed by atoms with Crippen molar-refractivity contribution >= 4 is 23.6 Å². The van der Waals surface area contributed by atoms with E-state index in [9.17, 15) is 29.4 Å². The van der Waals surface area contributed by atoms with Crippen LogP contribution in [0.2, 0.25) is 0 Å². The summed E-state index contributed by atoms with van der Waals surface area (Å²) in [5.74, 6) is -1.76. The lowest BCUT2D eigenvalue weighted by molar-refractivity contribution is -0.150. The molecule has 5 atom stereocenters. The highest BCUT2D eigenvalue weighted by Crippen LogP contribution is 2.17. The van der Waals surface area contributed by atoms with E-state index in [0.717, 1.165) is 0 Å². The summed E-state index contributed by atoms with van der Waals surface area (Å²) < 4.78 is 0. The molecule has 1 rings (SSSR count). The van der Waals surface area contributed by atoms with E-state index in [1.807, 2.05) is 13.8 Å². The molecule has 1 aliphatic rings. The van der Waals surface area contributed by atoms with Crippen LogP contribution in [-0.4, -0.2) is 94.6 Å². The first-order valence-corrected chi connectivity index (χ1v) is 11.2. The van der Waals surface area contributed by atoms with Crippen molar-refractivity contribution in [2.75, 3.05) is 20.6 Å². The predicted molar refractivity (Wildman–Crippen MR) is 124 cm³/mol. The molecule has 0 aliphatic carbocycles. The molecule has 0 aromatic rings. The molecule has 1 heterocycles. The third-order valence-corrected chi connectivity index (χ3v) is 5.70. The van der Waals surface area contributed by atoms with E-state index < -0.39 is 42.1 Å². The lowest BCUT2D eigenvalue weighted by atomic mass is 9.98. The van der Waals surface area contributed by atoms with Crippen molar-refractivity contribution < 1.29 is 29.4 Å². The van der Waals surface area contributed by atoms with E-state index in [1.54, 1.807) is 6.92 Å². The zero-order valence-electron chi connectivity index (χ0n) is 20.3. The van der Waals surface area contributed by atoms with Gasteiger partial charge < -0.3 is 30.6 Å². The molecule has 0 saturated carbocycles. The smallest absolute Gasteiger partial charge is 0.246 e. The van der Waals surface area contributed by atoms with Gasteiger partial charge in [0.25, 0.3) is 0 Å². The van der Waals surface area contributed by atoms with Gasteiger partial charge in [-0.05, 0) is 32.6 Å². The molecule has 4 N–H and O–H groups in total. The maximum atomic E-state index is 13.3. The Morgan fingerprint density at radius 3 is 2.30 bits per heavy atom. The van der Waals surface area contributed by atoms with Crippen LogP contribution in [0, 0.1) is 5.92 Å². The first-order chi connectivity index (χ1) is 15.4. The van der Waals surface area contributed by atoms with E-state index in [-0.39, 0.29) is 24.2 Å². The minimum absolute atomic E-state index is 0.214. The standard InChI is InChI=1S/C23H38N4O6/c1-14(2)20-23(33)26(5)15(3)21(31)24-13-9-10-17(22(32)27(20)6)25-19(30)12-8-7-11-18(29)16(4)28/h7-8,11-12,14-18,20,28-29H,9-10,13H2,1-6H3,(H,24,31)(H,25,30)/b11-7+,12-8+/t15-,16-,17-,18-,20?/m0/s1. The summed E-state index contributed by atoms with van der Waals surface area (Å²) in [7, 11) is 3.07. The molecule has 1 saturated heterocycles. The topological polar surface area (TPSA) is 139 Å². The number of hydrogen-bond donors (Lipinski definition) is 4. The van der Waals surface area contributed by atoms with Crippen molar-refractivity contribution in [2.24, 2.45) is 5.92 Å². The van der Waals surface area contributed by atoms with Gasteiger partial charge >= 0.3 is 0 Å². The molecule has 33 heavy (non-hydrogen) atoms. The summed E-state index contributed by atoms with van der Waals surface area (Å²) in [5.41, 5.74) is 0. The molecule has 10 heteroatoms. The van der Waals surface area contributed by atoms with Crippen molar-refractivity contribution in [1.82, 2.24) is 20.4 Å². The van der Waals surface area contributed by atoms with Gasteiger partial charge in [-0.3, -0.25) is 19.2 Å². The molecule has 0 bridgehead atoms. The molecule has 1 unspecified atom stereocenters. The van der Waals surface area contributed by atoms with Crippen LogP contribution in [-0.2, 0) is 19.2 Å². The van der Waals surface area contributed by atoms with Gasteiger partial charge in [-0.15, -0.1) is 0 Å². The number of nitrogens with zero attached hydrogens (tertiary/aromatic N) is 2. The van der Waals surface area contributed by atoms with Crippen LogP contribution in [0.25, 0.3) is 0 Å². The Balaban J connectivity index is 3.06. The fraction of sp³-hybridized carbons (Fsp3) is 0.652. The maximum Gasteiger partial charge on any atom is 0.246 e. The molecule has 0 spiro atoms. The Bertz CT molecular complexity index is 764. The van der Waals surface area contributed by atoms with Gasteiger partial charge in [-0.2, -0.15) is 0 Å². The molecule has 4 amide bonds. The van der Waals surface area contributed by atoms with Gasteiger partial charge in [-0.25, -0.2) is 0 Å². The minimum Gasteiger partial charge on any atom is -0.390 e. The number of carbonyl (C=O) groups excluding carboxylic acids is 4. The van der Waals surface area contributed by atoms with E-state index in [1.165, 1.54) is 55.1 Å². The molecule has 0 aromatic heterocycles. The summed E-state index contributed by atoms with van der Waals surface area (Å²) in [5, 5.41) is 24.2. The minimum atomic E-state index is -1.05. The Hall–Kier alpha value is -2.72. The summed E-state index contributed by atoms with van der Waals surface area (Å²) in [4.78, 5) is 53.9. The number of aliphatic hydroxyl groups is 2. The van der Waals surface area contributed by atoms with Crippen molar-refractivity contribution in [1.29, 1.82) is 0 Å². The Labute approximate surface area is 195 Å². The number of amides is 4. The highest BCUT2D eigenvalue weighted by molar-refractivity contribution is 5.96. The van der Waals surface area contributed by atoms with E-state index in [2.05, 4.69) is 10.6 Å². The summed E-state index contributed by atoms with van der Waals surface area (Å²) in [6.45, 7) is 7.02. The third-order valence-electron chi connectivity index (χ3n) is 5.70. The lowest BCUT2D eigenvalue weighted by Crippen LogP contribution is -2.59. The third kappa shape index (κ3) is 8.29. The average Bonchev–Trinajstić information content (AvgIpc) is 2.75. The van der Waals surface area contributed by atoms with Crippen LogP contribution in [0.5, 0.6) is 0 Å². The Morgan fingerprint density at radius 2 is 1.73 bits per heavy atom. The highest BCUT2D eigenvalue weighted by Gasteiger charge is 2.37. The predicted octanol–water partition coefficient (Wildman–Crippen LogP) is -0.435. The quantitative estimate of drug-likeness (QED) is 0.309.